The Bertz CT molecular complexity index is 552. The minimum absolute atomic E-state index is 0.0179. The van der Waals surface area contributed by atoms with Gasteiger partial charge in [-0.2, -0.15) is 4.37 Å². The van der Waals surface area contributed by atoms with Crippen molar-refractivity contribution in [2.75, 3.05) is 14.2 Å². The van der Waals surface area contributed by atoms with E-state index < -0.39 is 4.92 Å². The number of ether oxygens (including phenoxy) is 2. The molecule has 16 heavy (non-hydrogen) atoms. The second-order valence-corrected chi connectivity index (χ2v) is 3.78. The van der Waals surface area contributed by atoms with Crippen molar-refractivity contribution in [1.29, 1.82) is 0 Å². The largest absolute Gasteiger partial charge is 0.496 e. The first-order chi connectivity index (χ1) is 7.67. The molecule has 2 rings (SSSR count). The number of fused-ring (bicyclic) bond motifs is 1. The quantitative estimate of drug-likeness (QED) is 0.607. The molecule has 6 nitrogen and oxygen atoms in total. The van der Waals surface area contributed by atoms with Crippen LogP contribution in [0.5, 0.6) is 11.6 Å². The fourth-order valence-electron chi connectivity index (χ4n) is 1.40. The molecule has 0 N–H and O–H groups in total. The second-order valence-electron chi connectivity index (χ2n) is 2.97. The predicted molar refractivity (Wildman–Crippen MR) is 59.4 cm³/mol. The van der Waals surface area contributed by atoms with E-state index in [1.165, 1.54) is 26.4 Å². The summed E-state index contributed by atoms with van der Waals surface area (Å²) in [4.78, 5) is 10.2. The van der Waals surface area contributed by atoms with E-state index >= 15 is 0 Å². The molecule has 2 aromatic rings. The number of hydrogen-bond acceptors (Lipinski definition) is 6. The molecule has 0 spiro atoms. The minimum atomic E-state index is -0.464. The molecule has 0 aliphatic carbocycles. The van der Waals surface area contributed by atoms with E-state index in [1.54, 1.807) is 0 Å². The zero-order valence-electron chi connectivity index (χ0n) is 8.59. The zero-order valence-corrected chi connectivity index (χ0v) is 9.41. The van der Waals surface area contributed by atoms with E-state index in [9.17, 15) is 10.1 Å². The van der Waals surface area contributed by atoms with Gasteiger partial charge in [-0.05, 0) is 11.5 Å². The normalized spacial score (nSPS) is 10.4. The average Bonchev–Trinajstić information content (AvgIpc) is 2.70. The molecule has 0 amide bonds. The van der Waals surface area contributed by atoms with Gasteiger partial charge in [-0.15, -0.1) is 0 Å². The Kier molecular flexibility index (Phi) is 2.61. The number of methoxy groups -OCH3 is 2. The summed E-state index contributed by atoms with van der Waals surface area (Å²) in [6.45, 7) is 0. The van der Waals surface area contributed by atoms with Gasteiger partial charge in [0.25, 0.3) is 5.69 Å². The van der Waals surface area contributed by atoms with E-state index in [-0.39, 0.29) is 5.69 Å². The Hall–Kier alpha value is -1.89. The Morgan fingerprint density at radius 3 is 2.69 bits per heavy atom. The third-order valence-electron chi connectivity index (χ3n) is 2.12. The van der Waals surface area contributed by atoms with Crippen molar-refractivity contribution in [3.8, 4) is 11.6 Å². The number of aromatic nitrogens is 1. The summed E-state index contributed by atoms with van der Waals surface area (Å²) in [6.07, 6.45) is 0. The number of nitro benzene ring substituents is 1. The van der Waals surface area contributed by atoms with E-state index in [0.717, 1.165) is 11.5 Å². The molecule has 1 heterocycles. The summed E-state index contributed by atoms with van der Waals surface area (Å²) in [5.41, 5.74) is -0.0179. The maximum Gasteiger partial charge on any atom is 0.274 e. The van der Waals surface area contributed by atoms with Gasteiger partial charge in [0, 0.05) is 6.07 Å². The summed E-state index contributed by atoms with van der Waals surface area (Å²) >= 11 is 1.14. The van der Waals surface area contributed by atoms with Crippen LogP contribution in [-0.2, 0) is 0 Å². The first-order valence-corrected chi connectivity index (χ1v) is 5.10. The summed E-state index contributed by atoms with van der Waals surface area (Å²) in [5.74, 6) is 0.821. The Morgan fingerprint density at radius 2 is 2.12 bits per heavy atom. The molecule has 0 fully saturated rings. The van der Waals surface area contributed by atoms with Crippen molar-refractivity contribution in [3.63, 3.8) is 0 Å². The van der Waals surface area contributed by atoms with Gasteiger partial charge in [0.15, 0.2) is 0 Å². The lowest BCUT2D eigenvalue weighted by atomic mass is 10.2. The highest BCUT2D eigenvalue weighted by Crippen LogP contribution is 2.39. The molecule has 0 saturated carbocycles. The molecule has 0 unspecified atom stereocenters. The lowest BCUT2D eigenvalue weighted by Gasteiger charge is -2.02. The molecule has 0 atom stereocenters. The topological polar surface area (TPSA) is 74.5 Å². The SMILES string of the molecule is COc1cc([N+](=O)[O-])cc2snc(OC)c12. The van der Waals surface area contributed by atoms with Crippen LogP contribution in [0.1, 0.15) is 0 Å². The molecule has 0 saturated heterocycles. The number of non-ortho nitro benzene ring substituents is 1. The molecule has 0 radical (unpaired) electrons. The summed E-state index contributed by atoms with van der Waals surface area (Å²) < 4.78 is 14.9. The van der Waals surface area contributed by atoms with Crippen LogP contribution in [0.3, 0.4) is 0 Å². The second kappa shape index (κ2) is 3.93. The number of rotatable bonds is 3. The van der Waals surface area contributed by atoms with Gasteiger partial charge in [-0.3, -0.25) is 10.1 Å². The van der Waals surface area contributed by atoms with Gasteiger partial charge < -0.3 is 9.47 Å². The predicted octanol–water partition coefficient (Wildman–Crippen LogP) is 2.22. The van der Waals surface area contributed by atoms with Crippen LogP contribution in [0.2, 0.25) is 0 Å². The van der Waals surface area contributed by atoms with E-state index in [4.69, 9.17) is 9.47 Å². The van der Waals surface area contributed by atoms with Crippen molar-refractivity contribution in [1.82, 2.24) is 4.37 Å². The van der Waals surface area contributed by atoms with Gasteiger partial charge in [-0.1, -0.05) is 0 Å². The minimum Gasteiger partial charge on any atom is -0.496 e. The van der Waals surface area contributed by atoms with E-state index in [1.807, 2.05) is 0 Å². The van der Waals surface area contributed by atoms with Crippen LogP contribution in [-0.4, -0.2) is 23.5 Å². The zero-order chi connectivity index (χ0) is 11.7. The van der Waals surface area contributed by atoms with Gasteiger partial charge in [0.2, 0.25) is 5.88 Å². The molecule has 0 aliphatic heterocycles. The highest BCUT2D eigenvalue weighted by Gasteiger charge is 2.18. The molecule has 0 bridgehead atoms. The molecular weight excluding hydrogens is 232 g/mol. The highest BCUT2D eigenvalue weighted by atomic mass is 32.1. The maximum absolute atomic E-state index is 10.7. The van der Waals surface area contributed by atoms with Gasteiger partial charge in [0.05, 0.1) is 35.3 Å². The average molecular weight is 240 g/mol. The van der Waals surface area contributed by atoms with E-state index in [0.29, 0.717) is 21.7 Å². The van der Waals surface area contributed by atoms with Gasteiger partial charge in [0.1, 0.15) is 5.75 Å². The lowest BCUT2D eigenvalue weighted by Crippen LogP contribution is -1.91. The van der Waals surface area contributed by atoms with Crippen molar-refractivity contribution in [2.45, 2.75) is 0 Å². The molecule has 0 aliphatic rings. The van der Waals surface area contributed by atoms with Crippen molar-refractivity contribution < 1.29 is 14.4 Å². The standard InChI is InChI=1S/C9H8N2O4S/c1-14-6-3-5(11(12)13)4-7-8(6)9(15-2)10-16-7/h3-4H,1-2H3. The van der Waals surface area contributed by atoms with Gasteiger partial charge >= 0.3 is 0 Å². The smallest absolute Gasteiger partial charge is 0.274 e. The van der Waals surface area contributed by atoms with E-state index in [2.05, 4.69) is 4.37 Å². The van der Waals surface area contributed by atoms with Crippen molar-refractivity contribution in [3.05, 3.63) is 22.2 Å². The summed E-state index contributed by atoms with van der Waals surface area (Å²) in [5, 5.41) is 11.4. The lowest BCUT2D eigenvalue weighted by molar-refractivity contribution is -0.384. The molecule has 7 heteroatoms. The number of nitro groups is 1. The number of nitrogens with zero attached hydrogens (tertiary/aromatic N) is 2. The number of hydrogen-bond donors (Lipinski definition) is 0. The third kappa shape index (κ3) is 1.54. The van der Waals surface area contributed by atoms with Crippen LogP contribution >= 0.6 is 11.5 Å². The van der Waals surface area contributed by atoms with Crippen molar-refractivity contribution >= 4 is 27.3 Å². The van der Waals surface area contributed by atoms with Gasteiger partial charge in [-0.25, -0.2) is 0 Å². The molecule has 84 valence electrons. The first-order valence-electron chi connectivity index (χ1n) is 4.33. The summed E-state index contributed by atoms with van der Waals surface area (Å²) in [7, 11) is 2.95. The summed E-state index contributed by atoms with van der Waals surface area (Å²) in [6, 6.07) is 2.82. The Labute approximate surface area is 94.7 Å². The Morgan fingerprint density at radius 1 is 1.38 bits per heavy atom. The monoisotopic (exact) mass is 240 g/mol. The fourth-order valence-corrected chi connectivity index (χ4v) is 2.20. The van der Waals surface area contributed by atoms with Crippen LogP contribution in [0, 0.1) is 10.1 Å². The molecule has 1 aromatic heterocycles. The fraction of sp³-hybridized carbons (Fsp3) is 0.222. The Balaban J connectivity index is 2.75. The van der Waals surface area contributed by atoms with Crippen LogP contribution < -0.4 is 9.47 Å². The molecule has 1 aromatic carbocycles. The highest BCUT2D eigenvalue weighted by molar-refractivity contribution is 7.13. The van der Waals surface area contributed by atoms with Crippen LogP contribution in [0.25, 0.3) is 10.1 Å². The van der Waals surface area contributed by atoms with Crippen molar-refractivity contribution in [2.24, 2.45) is 0 Å². The first kappa shape index (κ1) is 10.6. The maximum atomic E-state index is 10.7. The van der Waals surface area contributed by atoms with Crippen LogP contribution in [0.15, 0.2) is 12.1 Å². The van der Waals surface area contributed by atoms with Crippen LogP contribution in [0.4, 0.5) is 5.69 Å². The number of benzene rings is 1. The third-order valence-corrected chi connectivity index (χ3v) is 2.89. The molecular formula is C9H8N2O4S.